The number of amidine groups is 1. The zero-order chi connectivity index (χ0) is 9.68. The van der Waals surface area contributed by atoms with Gasteiger partial charge >= 0.3 is 0 Å². The van der Waals surface area contributed by atoms with Gasteiger partial charge in [0.25, 0.3) is 0 Å². The van der Waals surface area contributed by atoms with Gasteiger partial charge in [-0.2, -0.15) is 0 Å². The predicted octanol–water partition coefficient (Wildman–Crippen LogP) is 2.90. The minimum atomic E-state index is -0.0463. The van der Waals surface area contributed by atoms with Crippen LogP contribution in [0.1, 0.15) is 5.56 Å². The monoisotopic (exact) mass is 240 g/mol. The number of hydrogen-bond donors (Lipinski definition) is 1. The van der Waals surface area contributed by atoms with Crippen LogP contribution in [0.25, 0.3) is 10.4 Å². The number of nitrogens with zero attached hydrogens (tertiary/aromatic N) is 4. The molecule has 1 aromatic rings. The molecule has 1 rings (SSSR count). The summed E-state index contributed by atoms with van der Waals surface area (Å²) in [6.07, 6.45) is 0. The van der Waals surface area contributed by atoms with Crippen LogP contribution in [0.15, 0.2) is 39.0 Å². The van der Waals surface area contributed by atoms with Gasteiger partial charge in [-0.15, -0.1) is 0 Å². The fourth-order valence-electron chi connectivity index (χ4n) is 0.777. The zero-order valence-corrected chi connectivity index (χ0v) is 8.01. The van der Waals surface area contributed by atoms with E-state index in [4.69, 9.17) is 10.7 Å². The van der Waals surface area contributed by atoms with E-state index in [0.29, 0.717) is 5.56 Å². The Morgan fingerprint density at radius 3 is 2.46 bits per heavy atom. The molecular formula is C7H5BrN4O. The molecule has 0 aliphatic heterocycles. The van der Waals surface area contributed by atoms with Gasteiger partial charge in [0.2, 0.25) is 0 Å². The van der Waals surface area contributed by atoms with Gasteiger partial charge < -0.3 is 5.21 Å². The van der Waals surface area contributed by atoms with E-state index in [1.807, 2.05) is 0 Å². The Bertz CT molecular complexity index is 367. The first-order valence-corrected chi connectivity index (χ1v) is 4.10. The molecule has 0 radical (unpaired) electrons. The second-order valence-corrected chi connectivity index (χ2v) is 3.04. The highest BCUT2D eigenvalue weighted by Gasteiger charge is 2.00. The SMILES string of the molecule is [N-]=[N+]=N/C(=N/O)c1ccc(Br)cc1. The Kier molecular flexibility index (Phi) is 3.31. The highest BCUT2D eigenvalue weighted by Crippen LogP contribution is 2.11. The molecule has 0 fully saturated rings. The summed E-state index contributed by atoms with van der Waals surface area (Å²) in [4.78, 5) is 2.53. The number of rotatable bonds is 1. The minimum Gasteiger partial charge on any atom is -0.410 e. The molecule has 0 spiro atoms. The third-order valence-corrected chi connectivity index (χ3v) is 1.87. The third-order valence-electron chi connectivity index (χ3n) is 1.34. The van der Waals surface area contributed by atoms with E-state index in [1.165, 1.54) is 0 Å². The highest BCUT2D eigenvalue weighted by molar-refractivity contribution is 9.10. The first-order chi connectivity index (χ1) is 6.27. The third kappa shape index (κ3) is 2.47. The smallest absolute Gasteiger partial charge is 0.173 e. The van der Waals surface area contributed by atoms with Crippen molar-refractivity contribution >= 4 is 21.8 Å². The molecule has 0 saturated heterocycles. The lowest BCUT2D eigenvalue weighted by atomic mass is 10.2. The molecule has 0 heterocycles. The number of halogens is 1. The van der Waals surface area contributed by atoms with E-state index in [-0.39, 0.29) is 5.84 Å². The average molecular weight is 241 g/mol. The molecular weight excluding hydrogens is 236 g/mol. The van der Waals surface area contributed by atoms with Crippen molar-refractivity contribution in [2.75, 3.05) is 0 Å². The summed E-state index contributed by atoms with van der Waals surface area (Å²) in [7, 11) is 0. The molecule has 0 bridgehead atoms. The van der Waals surface area contributed by atoms with E-state index >= 15 is 0 Å². The maximum absolute atomic E-state index is 8.49. The van der Waals surface area contributed by atoms with Gasteiger partial charge in [0, 0.05) is 14.9 Å². The van der Waals surface area contributed by atoms with Gasteiger partial charge in [0.1, 0.15) is 0 Å². The van der Waals surface area contributed by atoms with E-state index in [9.17, 15) is 0 Å². The van der Waals surface area contributed by atoms with Gasteiger partial charge in [-0.25, -0.2) is 0 Å². The maximum Gasteiger partial charge on any atom is 0.173 e. The molecule has 0 aliphatic rings. The van der Waals surface area contributed by atoms with Gasteiger partial charge in [-0.05, 0) is 22.8 Å². The molecule has 1 N–H and O–H groups in total. The Balaban J connectivity index is 3.07. The largest absolute Gasteiger partial charge is 0.410 e. The summed E-state index contributed by atoms with van der Waals surface area (Å²) in [5, 5.41) is 14.6. The van der Waals surface area contributed by atoms with Gasteiger partial charge in [-0.1, -0.05) is 33.2 Å². The topological polar surface area (TPSA) is 81.4 Å². The molecule has 0 unspecified atom stereocenters. The summed E-state index contributed by atoms with van der Waals surface area (Å²) in [6.45, 7) is 0. The second kappa shape index (κ2) is 4.49. The number of oxime groups is 1. The second-order valence-electron chi connectivity index (χ2n) is 2.12. The lowest BCUT2D eigenvalue weighted by Gasteiger charge is -1.96. The van der Waals surface area contributed by atoms with Crippen LogP contribution in [0.4, 0.5) is 0 Å². The van der Waals surface area contributed by atoms with Gasteiger partial charge in [-0.3, -0.25) is 0 Å². The number of hydrogen-bond acceptors (Lipinski definition) is 2. The molecule has 5 nitrogen and oxygen atoms in total. The van der Waals surface area contributed by atoms with Crippen LogP contribution in [0.2, 0.25) is 0 Å². The van der Waals surface area contributed by atoms with Crippen molar-refractivity contribution in [2.24, 2.45) is 10.3 Å². The average Bonchev–Trinajstić information content (AvgIpc) is 2.16. The Hall–Kier alpha value is -1.52. The lowest BCUT2D eigenvalue weighted by molar-refractivity contribution is 0.318. The summed E-state index contributed by atoms with van der Waals surface area (Å²) < 4.78 is 0.898. The predicted molar refractivity (Wildman–Crippen MR) is 51.6 cm³/mol. The van der Waals surface area contributed by atoms with Crippen molar-refractivity contribution in [1.29, 1.82) is 0 Å². The fraction of sp³-hybridized carbons (Fsp3) is 0. The minimum absolute atomic E-state index is 0.0463. The Morgan fingerprint density at radius 2 is 2.00 bits per heavy atom. The lowest BCUT2D eigenvalue weighted by Crippen LogP contribution is -1.94. The summed E-state index contributed by atoms with van der Waals surface area (Å²) >= 11 is 3.25. The van der Waals surface area contributed by atoms with Crippen LogP contribution >= 0.6 is 15.9 Å². The molecule has 0 amide bonds. The van der Waals surface area contributed by atoms with Crippen molar-refractivity contribution in [1.82, 2.24) is 0 Å². The molecule has 66 valence electrons. The molecule has 0 saturated carbocycles. The first kappa shape index (κ1) is 9.57. The summed E-state index contributed by atoms with van der Waals surface area (Å²) in [5.41, 5.74) is 8.70. The van der Waals surface area contributed by atoms with Crippen LogP contribution in [0, 0.1) is 0 Å². The number of benzene rings is 1. The molecule has 1 aromatic carbocycles. The summed E-state index contributed by atoms with van der Waals surface area (Å²) in [5.74, 6) is -0.0463. The van der Waals surface area contributed by atoms with E-state index in [1.54, 1.807) is 24.3 Å². The summed E-state index contributed by atoms with van der Waals surface area (Å²) in [6, 6.07) is 6.86. The van der Waals surface area contributed by atoms with Crippen LogP contribution < -0.4 is 0 Å². The Morgan fingerprint density at radius 1 is 1.38 bits per heavy atom. The molecule has 6 heteroatoms. The van der Waals surface area contributed by atoms with Crippen molar-refractivity contribution in [3.05, 3.63) is 44.7 Å². The van der Waals surface area contributed by atoms with Crippen molar-refractivity contribution in [2.45, 2.75) is 0 Å². The normalized spacial score (nSPS) is 10.7. The van der Waals surface area contributed by atoms with Crippen LogP contribution in [0.5, 0.6) is 0 Å². The molecule has 0 aromatic heterocycles. The molecule has 0 atom stereocenters. The van der Waals surface area contributed by atoms with Crippen LogP contribution in [-0.2, 0) is 0 Å². The van der Waals surface area contributed by atoms with Crippen LogP contribution in [0.3, 0.4) is 0 Å². The molecule has 13 heavy (non-hydrogen) atoms. The quantitative estimate of drug-likeness (QED) is 0.153. The standard InChI is InChI=1S/C7H5BrN4O/c8-6-3-1-5(2-4-6)7(11-13)10-12-9/h1-4,13H/b11-7+. The zero-order valence-electron chi connectivity index (χ0n) is 6.42. The molecule has 0 aliphatic carbocycles. The van der Waals surface area contributed by atoms with E-state index in [2.05, 4.69) is 31.1 Å². The highest BCUT2D eigenvalue weighted by atomic mass is 79.9. The van der Waals surface area contributed by atoms with Crippen LogP contribution in [-0.4, -0.2) is 11.0 Å². The fourth-order valence-corrected chi connectivity index (χ4v) is 1.04. The first-order valence-electron chi connectivity index (χ1n) is 3.31. The van der Waals surface area contributed by atoms with E-state index < -0.39 is 0 Å². The van der Waals surface area contributed by atoms with E-state index in [0.717, 1.165) is 4.47 Å². The van der Waals surface area contributed by atoms with Crippen molar-refractivity contribution in [3.8, 4) is 0 Å². The number of azide groups is 1. The van der Waals surface area contributed by atoms with Crippen molar-refractivity contribution in [3.63, 3.8) is 0 Å². The van der Waals surface area contributed by atoms with Gasteiger partial charge in [0.05, 0.1) is 0 Å². The van der Waals surface area contributed by atoms with Gasteiger partial charge in [0.15, 0.2) is 5.84 Å². The van der Waals surface area contributed by atoms with Crippen molar-refractivity contribution < 1.29 is 5.21 Å². The Labute approximate surface area is 82.4 Å². The maximum atomic E-state index is 8.49.